The van der Waals surface area contributed by atoms with Gasteiger partial charge in [-0.1, -0.05) is 26.2 Å². The first-order chi connectivity index (χ1) is 11.3. The average Bonchev–Trinajstić information content (AvgIpc) is 2.60. The molecular formula is C16H20N2O5S. The van der Waals surface area contributed by atoms with E-state index >= 15 is 0 Å². The average molecular weight is 352 g/mol. The summed E-state index contributed by atoms with van der Waals surface area (Å²) in [5.74, 6) is -0.698. The zero-order chi connectivity index (χ0) is 17.9. The zero-order valence-electron chi connectivity index (χ0n) is 13.5. The molecule has 1 amide bonds. The third-order valence-electron chi connectivity index (χ3n) is 4.43. The van der Waals surface area contributed by atoms with E-state index in [-0.39, 0.29) is 10.5 Å². The Morgan fingerprint density at radius 1 is 1.33 bits per heavy atom. The van der Waals surface area contributed by atoms with E-state index in [1.54, 1.807) is 6.92 Å². The van der Waals surface area contributed by atoms with Crippen LogP contribution in [0.2, 0.25) is 0 Å². The number of nitro benzene ring substituents is 1. The van der Waals surface area contributed by atoms with Crippen LogP contribution in [0, 0.1) is 10.1 Å². The molecular weight excluding hydrogens is 332 g/mol. The monoisotopic (exact) mass is 352 g/mol. The van der Waals surface area contributed by atoms with Crippen LogP contribution in [0.1, 0.15) is 54.9 Å². The smallest absolute Gasteiger partial charge is 0.267 e. The largest absolute Gasteiger partial charge is 0.288 e. The predicted octanol–water partition coefficient (Wildman–Crippen LogP) is 3.10. The maximum atomic E-state index is 12.9. The number of hydrogen-bond acceptors (Lipinski definition) is 5. The predicted molar refractivity (Wildman–Crippen MR) is 90.4 cm³/mol. The lowest BCUT2D eigenvalue weighted by molar-refractivity contribution is -0.387. The summed E-state index contributed by atoms with van der Waals surface area (Å²) in [6, 6.07) is 2.28. The Kier molecular flexibility index (Phi) is 5.48. The number of rotatable bonds is 5. The molecule has 0 aliphatic heterocycles. The number of nitrogens with zero attached hydrogens (tertiary/aromatic N) is 2. The van der Waals surface area contributed by atoms with Crippen molar-refractivity contribution in [2.45, 2.75) is 55.6 Å². The molecule has 8 heteroatoms. The van der Waals surface area contributed by atoms with Crippen molar-refractivity contribution >= 4 is 28.1 Å². The van der Waals surface area contributed by atoms with Crippen molar-refractivity contribution in [3.63, 3.8) is 0 Å². The van der Waals surface area contributed by atoms with Gasteiger partial charge in [0.05, 0.1) is 15.7 Å². The molecule has 0 atom stereocenters. The van der Waals surface area contributed by atoms with Crippen LogP contribution < -0.4 is 0 Å². The van der Waals surface area contributed by atoms with Crippen LogP contribution in [0.5, 0.6) is 0 Å². The summed E-state index contributed by atoms with van der Waals surface area (Å²) < 4.78 is 25.8. The summed E-state index contributed by atoms with van der Waals surface area (Å²) >= 11 is 0. The molecule has 0 aromatic heterocycles. The molecule has 1 aliphatic carbocycles. The summed E-state index contributed by atoms with van der Waals surface area (Å²) in [5, 5.41) is 10.8. The molecule has 0 bridgehead atoms. The molecule has 24 heavy (non-hydrogen) atoms. The lowest BCUT2D eigenvalue weighted by atomic mass is 10.0. The summed E-state index contributed by atoms with van der Waals surface area (Å²) in [6.07, 6.45) is 3.96. The van der Waals surface area contributed by atoms with E-state index in [9.17, 15) is 23.3 Å². The van der Waals surface area contributed by atoms with Crippen LogP contribution in [-0.2, 0) is 16.3 Å². The Morgan fingerprint density at radius 3 is 2.46 bits per heavy atom. The Labute approximate surface area is 140 Å². The van der Waals surface area contributed by atoms with E-state index in [1.807, 2.05) is 0 Å². The van der Waals surface area contributed by atoms with Crippen molar-refractivity contribution in [3.8, 4) is 0 Å². The molecule has 0 radical (unpaired) electrons. The molecule has 0 spiro atoms. The number of amides is 1. The summed E-state index contributed by atoms with van der Waals surface area (Å²) in [4.78, 5) is 25.5. The Bertz CT molecular complexity index is 780. The Hall–Kier alpha value is -2.09. The Morgan fingerprint density at radius 2 is 1.96 bits per heavy atom. The Balaban J connectivity index is 2.66. The van der Waals surface area contributed by atoms with Crippen molar-refractivity contribution in [2.75, 3.05) is 0 Å². The minimum Gasteiger partial charge on any atom is -0.267 e. The molecule has 0 heterocycles. The minimum atomic E-state index is -3.82. The normalized spacial score (nSPS) is 15.9. The minimum absolute atomic E-state index is 0.0294. The molecule has 1 fully saturated rings. The number of aryl methyl sites for hydroxylation is 1. The molecule has 0 N–H and O–H groups in total. The molecule has 130 valence electrons. The lowest BCUT2D eigenvalue weighted by Gasteiger charge is -2.22. The van der Waals surface area contributed by atoms with Crippen LogP contribution in [0.15, 0.2) is 22.0 Å². The summed E-state index contributed by atoms with van der Waals surface area (Å²) in [6.45, 7) is 4.89. The molecule has 2 rings (SSSR count). The van der Waals surface area contributed by atoms with Gasteiger partial charge in [-0.3, -0.25) is 14.9 Å². The van der Waals surface area contributed by atoms with Crippen LogP contribution in [-0.4, -0.2) is 31.2 Å². The van der Waals surface area contributed by atoms with Crippen molar-refractivity contribution in [1.29, 1.82) is 0 Å². The van der Waals surface area contributed by atoms with Crippen LogP contribution in [0.25, 0.3) is 0 Å². The van der Waals surface area contributed by atoms with Crippen LogP contribution in [0.3, 0.4) is 0 Å². The number of carbonyl (C=O) groups excluding carboxylic acids is 1. The van der Waals surface area contributed by atoms with Gasteiger partial charge in [-0.15, -0.1) is 0 Å². The molecule has 0 unspecified atom stereocenters. The fraction of sp³-hybridized carbons (Fsp3) is 0.500. The first-order valence-electron chi connectivity index (χ1n) is 7.89. The zero-order valence-corrected chi connectivity index (χ0v) is 14.3. The molecule has 0 saturated heterocycles. The highest BCUT2D eigenvalue weighted by molar-refractivity contribution is 7.92. The lowest BCUT2D eigenvalue weighted by Crippen LogP contribution is -2.25. The van der Waals surface area contributed by atoms with Gasteiger partial charge in [0.1, 0.15) is 4.90 Å². The third-order valence-corrected chi connectivity index (χ3v) is 6.72. The van der Waals surface area contributed by atoms with Gasteiger partial charge in [0, 0.05) is 6.07 Å². The highest BCUT2D eigenvalue weighted by atomic mass is 32.2. The highest BCUT2D eigenvalue weighted by Crippen LogP contribution is 2.35. The van der Waals surface area contributed by atoms with Gasteiger partial charge in [0.15, 0.2) is 9.84 Å². The second-order valence-electron chi connectivity index (χ2n) is 5.86. The van der Waals surface area contributed by atoms with Gasteiger partial charge in [0.2, 0.25) is 0 Å². The third kappa shape index (κ3) is 3.38. The van der Waals surface area contributed by atoms with E-state index in [0.29, 0.717) is 24.8 Å². The number of benzene rings is 1. The van der Waals surface area contributed by atoms with E-state index in [0.717, 1.165) is 25.3 Å². The molecule has 1 aromatic carbocycles. The maximum Gasteiger partial charge on any atom is 0.288 e. The fourth-order valence-corrected chi connectivity index (χ4v) is 5.16. The van der Waals surface area contributed by atoms with E-state index < -0.39 is 31.6 Å². The second kappa shape index (κ2) is 7.21. The standard InChI is InChI=1S/C16H20N2O5S/c1-3-11-9-15(24(22,23)12-7-5-4-6-8-12)14(18(20)21)10-13(11)16(19)17-2/h9-10,12H,2-8H2,1H3. The van der Waals surface area contributed by atoms with Gasteiger partial charge >= 0.3 is 0 Å². The van der Waals surface area contributed by atoms with Gasteiger partial charge in [-0.25, -0.2) is 13.4 Å². The molecule has 1 aliphatic rings. The van der Waals surface area contributed by atoms with Crippen molar-refractivity contribution in [1.82, 2.24) is 0 Å². The highest BCUT2D eigenvalue weighted by Gasteiger charge is 2.35. The van der Waals surface area contributed by atoms with Gasteiger partial charge in [-0.05, 0) is 37.6 Å². The van der Waals surface area contributed by atoms with Crippen LogP contribution >= 0.6 is 0 Å². The van der Waals surface area contributed by atoms with Gasteiger partial charge < -0.3 is 0 Å². The quantitative estimate of drug-likeness (QED) is 0.460. The fourth-order valence-electron chi connectivity index (χ4n) is 3.11. The number of hydrogen-bond donors (Lipinski definition) is 0. The number of aliphatic imine (C=N–C) groups is 1. The first kappa shape index (κ1) is 18.3. The summed E-state index contributed by atoms with van der Waals surface area (Å²) in [7, 11) is -3.82. The number of sulfone groups is 1. The van der Waals surface area contributed by atoms with Gasteiger partial charge in [-0.2, -0.15) is 0 Å². The van der Waals surface area contributed by atoms with Gasteiger partial charge in [0.25, 0.3) is 11.6 Å². The van der Waals surface area contributed by atoms with Crippen molar-refractivity contribution < 1.29 is 18.1 Å². The van der Waals surface area contributed by atoms with E-state index in [1.165, 1.54) is 6.07 Å². The van der Waals surface area contributed by atoms with Crippen molar-refractivity contribution in [3.05, 3.63) is 33.4 Å². The maximum absolute atomic E-state index is 12.9. The van der Waals surface area contributed by atoms with Crippen molar-refractivity contribution in [2.24, 2.45) is 4.99 Å². The topological polar surface area (TPSA) is 107 Å². The number of carbonyl (C=O) groups is 1. The van der Waals surface area contributed by atoms with Crippen LogP contribution in [0.4, 0.5) is 5.69 Å². The molecule has 7 nitrogen and oxygen atoms in total. The SMILES string of the molecule is C=NC(=O)c1cc([N+](=O)[O-])c(S(=O)(=O)C2CCCCC2)cc1CC. The number of nitro groups is 1. The van der Waals surface area contributed by atoms with E-state index in [2.05, 4.69) is 11.7 Å². The first-order valence-corrected chi connectivity index (χ1v) is 9.43. The van der Waals surface area contributed by atoms with E-state index in [4.69, 9.17) is 0 Å². The summed E-state index contributed by atoms with van der Waals surface area (Å²) in [5.41, 5.74) is -0.112. The molecule has 1 saturated carbocycles. The molecule has 1 aromatic rings. The second-order valence-corrected chi connectivity index (χ2v) is 8.05.